The van der Waals surface area contributed by atoms with Crippen molar-refractivity contribution in [1.82, 2.24) is 0 Å². The number of hydrogen-bond donors (Lipinski definition) is 0. The lowest BCUT2D eigenvalue weighted by Gasteiger charge is -2.26. The van der Waals surface area contributed by atoms with Gasteiger partial charge in [-0.15, -0.1) is 11.3 Å². The highest BCUT2D eigenvalue weighted by Crippen LogP contribution is 2.46. The second kappa shape index (κ2) is 13.1. The molecular weight excluding hydrogens is 727 g/mol. The Bertz CT molecular complexity index is 3500. The minimum atomic E-state index is 0.890. The van der Waals surface area contributed by atoms with Crippen molar-refractivity contribution in [2.45, 2.75) is 0 Å². The predicted octanol–water partition coefficient (Wildman–Crippen LogP) is 16.3. The average molecular weight is 760 g/mol. The molecule has 0 bridgehead atoms. The standard InChI is InChI=1S/C54H33NO2S/c1-2-11-35(12-3-1)40-15-9-18-45-47-33-37(27-32-50(47)57-53(40)45)34-23-28-38(29-24-34)55(48-20-10-19-46-43-14-5-7-22-51(43)58-54(46)48)39-30-25-36(26-31-39)41-16-8-17-44-42-13-4-6-21-49(42)56-52(41)44/h1-33H. The van der Waals surface area contributed by atoms with Gasteiger partial charge in [-0.2, -0.15) is 0 Å². The van der Waals surface area contributed by atoms with Crippen molar-refractivity contribution in [3.8, 4) is 33.4 Å². The van der Waals surface area contributed by atoms with Gasteiger partial charge in [0, 0.05) is 59.5 Å². The fourth-order valence-corrected chi connectivity index (χ4v) is 9.93. The van der Waals surface area contributed by atoms with Crippen LogP contribution in [-0.2, 0) is 0 Å². The highest BCUT2D eigenvalue weighted by Gasteiger charge is 2.20. The third kappa shape index (κ3) is 5.19. The summed E-state index contributed by atoms with van der Waals surface area (Å²) in [7, 11) is 0. The largest absolute Gasteiger partial charge is 0.455 e. The van der Waals surface area contributed by atoms with E-state index < -0.39 is 0 Å². The predicted molar refractivity (Wildman–Crippen MR) is 245 cm³/mol. The summed E-state index contributed by atoms with van der Waals surface area (Å²) < 4.78 is 15.5. The van der Waals surface area contributed by atoms with Gasteiger partial charge in [0.25, 0.3) is 0 Å². The van der Waals surface area contributed by atoms with Crippen LogP contribution in [0.1, 0.15) is 0 Å². The van der Waals surface area contributed by atoms with Crippen LogP contribution in [0.5, 0.6) is 0 Å². The molecule has 0 spiro atoms. The maximum Gasteiger partial charge on any atom is 0.143 e. The van der Waals surface area contributed by atoms with E-state index in [0.29, 0.717) is 0 Å². The van der Waals surface area contributed by atoms with Gasteiger partial charge >= 0.3 is 0 Å². The van der Waals surface area contributed by atoms with E-state index >= 15 is 0 Å². The van der Waals surface area contributed by atoms with Crippen molar-refractivity contribution in [2.75, 3.05) is 4.90 Å². The van der Waals surface area contributed by atoms with Crippen molar-refractivity contribution < 1.29 is 8.83 Å². The van der Waals surface area contributed by atoms with Gasteiger partial charge in [-0.25, -0.2) is 0 Å². The lowest BCUT2D eigenvalue weighted by atomic mass is 10.00. The summed E-state index contributed by atoms with van der Waals surface area (Å²) in [5.74, 6) is 0. The van der Waals surface area contributed by atoms with Gasteiger partial charge in [-0.1, -0.05) is 146 Å². The van der Waals surface area contributed by atoms with E-state index in [1.54, 1.807) is 0 Å². The van der Waals surface area contributed by atoms with E-state index in [1.165, 1.54) is 20.2 Å². The van der Waals surface area contributed by atoms with Crippen molar-refractivity contribution in [3.63, 3.8) is 0 Å². The van der Waals surface area contributed by atoms with Crippen molar-refractivity contribution >= 4 is 92.4 Å². The molecule has 0 aliphatic rings. The second-order valence-corrected chi connectivity index (χ2v) is 15.9. The molecule has 3 aromatic heterocycles. The first-order valence-corrected chi connectivity index (χ1v) is 20.4. The molecule has 12 rings (SSSR count). The van der Waals surface area contributed by atoms with Crippen molar-refractivity contribution in [1.29, 1.82) is 0 Å². The number of rotatable bonds is 6. The number of anilines is 3. The quantitative estimate of drug-likeness (QED) is 0.169. The monoisotopic (exact) mass is 759 g/mol. The van der Waals surface area contributed by atoms with Crippen LogP contribution in [-0.4, -0.2) is 0 Å². The Kier molecular flexibility index (Phi) is 7.40. The van der Waals surface area contributed by atoms with Crippen molar-refractivity contribution in [3.05, 3.63) is 200 Å². The molecule has 0 saturated carbocycles. The van der Waals surface area contributed by atoms with Crippen molar-refractivity contribution in [2.24, 2.45) is 0 Å². The van der Waals surface area contributed by atoms with Crippen LogP contribution < -0.4 is 4.90 Å². The summed E-state index contributed by atoms with van der Waals surface area (Å²) in [6, 6.07) is 71.4. The summed E-state index contributed by atoms with van der Waals surface area (Å²) in [5, 5.41) is 7.06. The molecule has 0 aliphatic heterocycles. The maximum atomic E-state index is 6.49. The van der Waals surface area contributed by atoms with Crippen LogP contribution >= 0.6 is 11.3 Å². The number of hydrogen-bond acceptors (Lipinski definition) is 4. The molecule has 0 N–H and O–H groups in total. The smallest absolute Gasteiger partial charge is 0.143 e. The third-order valence-electron chi connectivity index (χ3n) is 11.5. The summed E-state index contributed by atoms with van der Waals surface area (Å²) in [6.07, 6.45) is 0. The van der Waals surface area contributed by atoms with Crippen LogP contribution in [0.15, 0.2) is 209 Å². The van der Waals surface area contributed by atoms with E-state index in [9.17, 15) is 0 Å². The normalized spacial score (nSPS) is 11.8. The lowest BCUT2D eigenvalue weighted by Crippen LogP contribution is -2.10. The molecular formula is C54H33NO2S. The van der Waals surface area contributed by atoms with Crippen LogP contribution in [0.25, 0.3) is 97.4 Å². The van der Waals surface area contributed by atoms with Gasteiger partial charge in [0.2, 0.25) is 0 Å². The van der Waals surface area contributed by atoms with Gasteiger partial charge < -0.3 is 13.7 Å². The lowest BCUT2D eigenvalue weighted by molar-refractivity contribution is 0.669. The van der Waals surface area contributed by atoms with Crippen LogP contribution in [0, 0.1) is 0 Å². The Hall–Kier alpha value is -7.40. The second-order valence-electron chi connectivity index (χ2n) is 14.8. The summed E-state index contributed by atoms with van der Waals surface area (Å²) in [5.41, 5.74) is 13.7. The molecule has 0 aliphatic carbocycles. The minimum absolute atomic E-state index is 0.890. The van der Waals surface area contributed by atoms with Gasteiger partial charge in [0.1, 0.15) is 22.3 Å². The third-order valence-corrected chi connectivity index (χ3v) is 12.7. The SMILES string of the molecule is c1ccc(-c2cccc3c2oc2ccc(-c4ccc(N(c5ccc(-c6cccc7c6oc6ccccc67)cc5)c5cccc6c5sc5ccccc56)cc4)cc23)cc1. The van der Waals surface area contributed by atoms with Crippen LogP contribution in [0.2, 0.25) is 0 Å². The number of furan rings is 2. The number of benzene rings is 9. The molecule has 0 amide bonds. The zero-order valence-electron chi connectivity index (χ0n) is 31.2. The van der Waals surface area contributed by atoms with E-state index in [-0.39, 0.29) is 0 Å². The Morgan fingerprint density at radius 3 is 1.62 bits per heavy atom. The molecule has 0 saturated heterocycles. The first-order valence-electron chi connectivity index (χ1n) is 19.6. The Labute approximate surface area is 338 Å². The molecule has 0 unspecified atom stereocenters. The molecule has 0 radical (unpaired) electrons. The first-order chi connectivity index (χ1) is 28.7. The molecule has 0 fully saturated rings. The molecule has 0 atom stereocenters. The molecule has 3 nitrogen and oxygen atoms in total. The van der Waals surface area contributed by atoms with E-state index in [1.807, 2.05) is 29.5 Å². The molecule has 3 heterocycles. The fourth-order valence-electron chi connectivity index (χ4n) is 8.73. The topological polar surface area (TPSA) is 29.5 Å². The zero-order chi connectivity index (χ0) is 38.2. The fraction of sp³-hybridized carbons (Fsp3) is 0. The molecule has 9 aromatic carbocycles. The average Bonchev–Trinajstić information content (AvgIpc) is 3.99. The van der Waals surface area contributed by atoms with E-state index in [2.05, 4.69) is 187 Å². The number of para-hydroxylation sites is 3. The molecule has 12 aromatic rings. The highest BCUT2D eigenvalue weighted by molar-refractivity contribution is 7.26. The van der Waals surface area contributed by atoms with Crippen LogP contribution in [0.4, 0.5) is 17.1 Å². The Morgan fingerprint density at radius 1 is 0.345 bits per heavy atom. The maximum absolute atomic E-state index is 6.49. The molecule has 58 heavy (non-hydrogen) atoms. The van der Waals surface area contributed by atoms with Gasteiger partial charge in [-0.05, 0) is 76.9 Å². The van der Waals surface area contributed by atoms with Gasteiger partial charge in [0.05, 0.1) is 10.4 Å². The number of nitrogens with zero attached hydrogens (tertiary/aromatic N) is 1. The molecule has 4 heteroatoms. The number of fused-ring (bicyclic) bond motifs is 9. The Balaban J connectivity index is 0.965. The van der Waals surface area contributed by atoms with Gasteiger partial charge in [-0.3, -0.25) is 0 Å². The highest BCUT2D eigenvalue weighted by atomic mass is 32.1. The summed E-state index contributed by atoms with van der Waals surface area (Å²) >= 11 is 1.85. The first kappa shape index (κ1) is 32.8. The van der Waals surface area contributed by atoms with E-state index in [0.717, 1.165) is 94.3 Å². The van der Waals surface area contributed by atoms with E-state index in [4.69, 9.17) is 8.83 Å². The Morgan fingerprint density at radius 2 is 0.879 bits per heavy atom. The summed E-state index contributed by atoms with van der Waals surface area (Å²) in [4.78, 5) is 2.39. The van der Waals surface area contributed by atoms with Gasteiger partial charge in [0.15, 0.2) is 0 Å². The minimum Gasteiger partial charge on any atom is -0.455 e. The van der Waals surface area contributed by atoms with Crippen LogP contribution in [0.3, 0.4) is 0 Å². The molecule has 272 valence electrons. The summed E-state index contributed by atoms with van der Waals surface area (Å²) in [6.45, 7) is 0. The number of thiophene rings is 1. The zero-order valence-corrected chi connectivity index (χ0v) is 32.0.